The number of hydrogen-bond donors (Lipinski definition) is 2. The van der Waals surface area contributed by atoms with E-state index in [1.54, 1.807) is 11.8 Å². The number of aliphatic carboxylic acids is 1. The van der Waals surface area contributed by atoms with Crippen molar-refractivity contribution in [2.75, 3.05) is 6.54 Å². The minimum absolute atomic E-state index is 0.0595. The number of imide groups is 1. The fourth-order valence-corrected chi connectivity index (χ4v) is 3.63. The van der Waals surface area contributed by atoms with Gasteiger partial charge in [0.15, 0.2) is 0 Å². The molecule has 0 spiro atoms. The van der Waals surface area contributed by atoms with Crippen LogP contribution in [-0.4, -0.2) is 40.5 Å². The third-order valence-corrected chi connectivity index (χ3v) is 4.56. The number of fused-ring (bicyclic) bond motifs is 1. The van der Waals surface area contributed by atoms with Crippen molar-refractivity contribution in [3.63, 3.8) is 0 Å². The maximum Gasteiger partial charge on any atom is 0.324 e. The number of nitrogens with zero attached hydrogens (tertiary/aromatic N) is 1. The second kappa shape index (κ2) is 6.91. The van der Waals surface area contributed by atoms with Crippen molar-refractivity contribution in [2.45, 2.75) is 57.9 Å². The van der Waals surface area contributed by atoms with Crippen LogP contribution in [0.5, 0.6) is 0 Å². The first-order valence-electron chi connectivity index (χ1n) is 7.79. The van der Waals surface area contributed by atoms with Crippen molar-refractivity contribution in [3.8, 4) is 0 Å². The molecule has 3 amide bonds. The minimum Gasteiger partial charge on any atom is -0.481 e. The number of carbonyl (C=O) groups excluding carboxylic acids is 2. The highest BCUT2D eigenvalue weighted by atomic mass is 16.4. The predicted molar refractivity (Wildman–Crippen MR) is 76.6 cm³/mol. The first kappa shape index (κ1) is 15.8. The molecule has 1 aliphatic carbocycles. The molecular formula is C15H24N2O4. The first-order chi connectivity index (χ1) is 9.97. The number of rotatable bonds is 4. The van der Waals surface area contributed by atoms with Crippen LogP contribution in [0.3, 0.4) is 0 Å². The molecule has 21 heavy (non-hydrogen) atoms. The Morgan fingerprint density at radius 1 is 1.19 bits per heavy atom. The van der Waals surface area contributed by atoms with E-state index in [9.17, 15) is 14.4 Å². The van der Waals surface area contributed by atoms with Crippen molar-refractivity contribution in [2.24, 2.45) is 11.8 Å². The van der Waals surface area contributed by atoms with Crippen LogP contribution in [0.2, 0.25) is 0 Å². The third-order valence-electron chi connectivity index (χ3n) is 4.56. The molecule has 2 fully saturated rings. The lowest BCUT2D eigenvalue weighted by atomic mass is 9.92. The summed E-state index contributed by atoms with van der Waals surface area (Å²) in [5.41, 5.74) is 0. The molecule has 6 nitrogen and oxygen atoms in total. The number of nitrogens with one attached hydrogen (secondary N) is 1. The second-order valence-corrected chi connectivity index (χ2v) is 6.35. The van der Waals surface area contributed by atoms with Crippen molar-refractivity contribution < 1.29 is 19.5 Å². The van der Waals surface area contributed by atoms with E-state index in [-0.39, 0.29) is 36.7 Å². The number of piperidine rings is 1. The molecule has 2 aliphatic rings. The summed E-state index contributed by atoms with van der Waals surface area (Å²) in [5.74, 6) is -0.984. The summed E-state index contributed by atoms with van der Waals surface area (Å²) in [5, 5.41) is 11.1. The van der Waals surface area contributed by atoms with Crippen LogP contribution >= 0.6 is 0 Å². The number of urea groups is 1. The molecule has 0 aromatic rings. The van der Waals surface area contributed by atoms with Gasteiger partial charge < -0.3 is 10.0 Å². The molecular weight excluding hydrogens is 272 g/mol. The molecule has 1 saturated heterocycles. The summed E-state index contributed by atoms with van der Waals surface area (Å²) in [7, 11) is 0. The standard InChI is InChI=1S/C15H24N2O4/c1-10(9-14(19)20)8-13(18)16-15(21)17-7-3-5-11-4-2-6-12(11)17/h10-12H,2-9H2,1H3,(H,19,20)(H,16,18,21). The quantitative estimate of drug-likeness (QED) is 0.830. The van der Waals surface area contributed by atoms with Gasteiger partial charge in [0, 0.05) is 25.4 Å². The van der Waals surface area contributed by atoms with Crippen molar-refractivity contribution in [1.82, 2.24) is 10.2 Å². The van der Waals surface area contributed by atoms with Crippen LogP contribution < -0.4 is 5.32 Å². The maximum absolute atomic E-state index is 12.2. The minimum atomic E-state index is -0.925. The smallest absolute Gasteiger partial charge is 0.324 e. The Hall–Kier alpha value is -1.59. The van der Waals surface area contributed by atoms with Gasteiger partial charge in [0.25, 0.3) is 0 Å². The van der Waals surface area contributed by atoms with Gasteiger partial charge in [-0.25, -0.2) is 4.79 Å². The van der Waals surface area contributed by atoms with Crippen LogP contribution in [0.1, 0.15) is 51.9 Å². The first-order valence-corrected chi connectivity index (χ1v) is 7.79. The number of hydrogen-bond acceptors (Lipinski definition) is 3. The zero-order valence-electron chi connectivity index (χ0n) is 12.5. The molecule has 0 bridgehead atoms. The number of carbonyl (C=O) groups is 3. The molecule has 1 aliphatic heterocycles. The SMILES string of the molecule is CC(CC(=O)O)CC(=O)NC(=O)N1CCCC2CCCC21. The molecule has 6 heteroatoms. The van der Waals surface area contributed by atoms with E-state index in [2.05, 4.69) is 5.32 Å². The summed E-state index contributed by atoms with van der Waals surface area (Å²) in [6.45, 7) is 2.41. The average molecular weight is 296 g/mol. The van der Waals surface area contributed by atoms with Crippen LogP contribution in [0.4, 0.5) is 4.79 Å². The Morgan fingerprint density at radius 2 is 1.90 bits per heavy atom. The highest BCUT2D eigenvalue weighted by Crippen LogP contribution is 2.36. The maximum atomic E-state index is 12.2. The van der Waals surface area contributed by atoms with E-state index < -0.39 is 5.97 Å². The molecule has 0 aromatic carbocycles. The van der Waals surface area contributed by atoms with Gasteiger partial charge in [-0.3, -0.25) is 14.9 Å². The summed E-state index contributed by atoms with van der Waals surface area (Å²) >= 11 is 0. The van der Waals surface area contributed by atoms with E-state index in [0.717, 1.165) is 19.3 Å². The molecule has 2 rings (SSSR count). The van der Waals surface area contributed by atoms with E-state index in [1.165, 1.54) is 12.8 Å². The Morgan fingerprint density at radius 3 is 2.62 bits per heavy atom. The largest absolute Gasteiger partial charge is 0.481 e. The molecule has 1 saturated carbocycles. The summed E-state index contributed by atoms with van der Waals surface area (Å²) in [6.07, 6.45) is 5.55. The molecule has 0 radical (unpaired) electrons. The Kier molecular flexibility index (Phi) is 5.20. The third kappa shape index (κ3) is 4.19. The molecule has 0 aromatic heterocycles. The van der Waals surface area contributed by atoms with Gasteiger partial charge in [-0.15, -0.1) is 0 Å². The van der Waals surface area contributed by atoms with Crippen LogP contribution in [0.25, 0.3) is 0 Å². The van der Waals surface area contributed by atoms with E-state index >= 15 is 0 Å². The summed E-state index contributed by atoms with van der Waals surface area (Å²) in [6, 6.07) is -0.0258. The lowest BCUT2D eigenvalue weighted by molar-refractivity contribution is -0.138. The Balaban J connectivity index is 1.83. The fraction of sp³-hybridized carbons (Fsp3) is 0.800. The van der Waals surface area contributed by atoms with Crippen LogP contribution in [-0.2, 0) is 9.59 Å². The van der Waals surface area contributed by atoms with Crippen LogP contribution in [0, 0.1) is 11.8 Å². The summed E-state index contributed by atoms with van der Waals surface area (Å²) in [4.78, 5) is 36.4. The molecule has 1 heterocycles. The van der Waals surface area contributed by atoms with Gasteiger partial charge in [0.2, 0.25) is 5.91 Å². The monoisotopic (exact) mass is 296 g/mol. The van der Waals surface area contributed by atoms with Gasteiger partial charge in [0.1, 0.15) is 0 Å². The lowest BCUT2D eigenvalue weighted by Crippen LogP contribution is -2.51. The van der Waals surface area contributed by atoms with E-state index in [1.807, 2.05) is 0 Å². The van der Waals surface area contributed by atoms with E-state index in [0.29, 0.717) is 12.5 Å². The number of carboxylic acid groups (broad SMARTS) is 1. The topological polar surface area (TPSA) is 86.7 Å². The molecule has 3 atom stereocenters. The van der Waals surface area contributed by atoms with Gasteiger partial charge >= 0.3 is 12.0 Å². The highest BCUT2D eigenvalue weighted by molar-refractivity contribution is 5.94. The van der Waals surface area contributed by atoms with Crippen molar-refractivity contribution >= 4 is 17.9 Å². The average Bonchev–Trinajstić information content (AvgIpc) is 2.84. The van der Waals surface area contributed by atoms with Crippen molar-refractivity contribution in [3.05, 3.63) is 0 Å². The second-order valence-electron chi connectivity index (χ2n) is 6.35. The van der Waals surface area contributed by atoms with Crippen molar-refractivity contribution in [1.29, 1.82) is 0 Å². The number of amides is 3. The fourth-order valence-electron chi connectivity index (χ4n) is 3.63. The van der Waals surface area contributed by atoms with Gasteiger partial charge in [-0.2, -0.15) is 0 Å². The molecule has 3 unspecified atom stereocenters. The highest BCUT2D eigenvalue weighted by Gasteiger charge is 2.37. The molecule has 2 N–H and O–H groups in total. The molecule has 118 valence electrons. The van der Waals surface area contributed by atoms with Gasteiger partial charge in [-0.1, -0.05) is 13.3 Å². The zero-order valence-corrected chi connectivity index (χ0v) is 12.5. The number of likely N-dealkylation sites (tertiary alicyclic amines) is 1. The van der Waals surface area contributed by atoms with Gasteiger partial charge in [-0.05, 0) is 37.5 Å². The summed E-state index contributed by atoms with van der Waals surface area (Å²) < 4.78 is 0. The lowest BCUT2D eigenvalue weighted by Gasteiger charge is -2.37. The zero-order chi connectivity index (χ0) is 15.4. The normalized spacial score (nSPS) is 26.0. The Labute approximate surface area is 124 Å². The van der Waals surface area contributed by atoms with E-state index in [4.69, 9.17) is 5.11 Å². The van der Waals surface area contributed by atoms with Crippen LogP contribution in [0.15, 0.2) is 0 Å². The Bertz CT molecular complexity index is 424. The van der Waals surface area contributed by atoms with Gasteiger partial charge in [0.05, 0.1) is 0 Å². The number of carboxylic acids is 1. The predicted octanol–water partition coefficient (Wildman–Crippen LogP) is 1.99.